The Kier molecular flexibility index (Phi) is 3.45. The fraction of sp³-hybridized carbons (Fsp3) is 0.231. The lowest BCUT2D eigenvalue weighted by Gasteiger charge is -2.13. The smallest absolute Gasteiger partial charge is 0.127 e. The van der Waals surface area contributed by atoms with Gasteiger partial charge in [0, 0.05) is 24.0 Å². The highest BCUT2D eigenvalue weighted by Gasteiger charge is 2.08. The number of benzene rings is 1. The Morgan fingerprint density at radius 2 is 2.00 bits per heavy atom. The fourth-order valence-corrected chi connectivity index (χ4v) is 2.47. The number of aryl methyl sites for hydroxylation is 1. The van der Waals surface area contributed by atoms with Crippen LogP contribution in [0.1, 0.15) is 11.3 Å². The maximum absolute atomic E-state index is 5.32. The first-order chi connectivity index (χ1) is 7.99. The number of rotatable bonds is 1. The van der Waals surface area contributed by atoms with Gasteiger partial charge in [-0.3, -0.25) is 0 Å². The molecule has 0 aliphatic rings. The molecule has 0 spiro atoms. The number of thiocarbonyl (C=S) groups is 1. The molecule has 1 aromatic carbocycles. The Balaban J connectivity index is 2.62. The predicted molar refractivity (Wildman–Crippen MR) is 79.6 cm³/mol. The van der Waals surface area contributed by atoms with Crippen LogP contribution >= 0.6 is 28.1 Å². The number of fused-ring (bicyclic) bond motifs is 1. The number of halogens is 1. The van der Waals surface area contributed by atoms with Gasteiger partial charge in [0.2, 0.25) is 0 Å². The Morgan fingerprint density at radius 1 is 1.29 bits per heavy atom. The average molecular weight is 309 g/mol. The summed E-state index contributed by atoms with van der Waals surface area (Å²) in [6.07, 6.45) is 0. The van der Waals surface area contributed by atoms with Gasteiger partial charge in [0.15, 0.2) is 0 Å². The Labute approximate surface area is 115 Å². The molecule has 0 saturated heterocycles. The first-order valence-electron chi connectivity index (χ1n) is 5.27. The zero-order chi connectivity index (χ0) is 12.6. The quantitative estimate of drug-likeness (QED) is 0.750. The maximum Gasteiger partial charge on any atom is 0.127 e. The van der Waals surface area contributed by atoms with Crippen LogP contribution in [0.3, 0.4) is 0 Å². The second-order valence-corrected chi connectivity index (χ2v) is 5.46. The molecule has 2 aromatic rings. The molecular weight excluding hydrogens is 296 g/mol. The second kappa shape index (κ2) is 4.70. The molecule has 0 saturated carbocycles. The van der Waals surface area contributed by atoms with E-state index in [1.807, 2.05) is 25.1 Å². The van der Waals surface area contributed by atoms with Crippen molar-refractivity contribution in [1.29, 1.82) is 0 Å². The molecule has 0 fully saturated rings. The van der Waals surface area contributed by atoms with E-state index in [1.54, 1.807) is 0 Å². The summed E-state index contributed by atoms with van der Waals surface area (Å²) in [4.78, 5) is 7.25. The minimum Gasteiger partial charge on any atom is -0.367 e. The summed E-state index contributed by atoms with van der Waals surface area (Å²) in [6.45, 7) is 2.07. The van der Waals surface area contributed by atoms with Gasteiger partial charge < -0.3 is 4.90 Å². The lowest BCUT2D eigenvalue weighted by Crippen LogP contribution is -2.21. The highest BCUT2D eigenvalue weighted by atomic mass is 79.9. The van der Waals surface area contributed by atoms with E-state index in [0.29, 0.717) is 0 Å². The summed E-state index contributed by atoms with van der Waals surface area (Å²) in [5.41, 5.74) is 3.01. The second-order valence-electron chi connectivity index (χ2n) is 4.21. The molecule has 0 unspecified atom stereocenters. The van der Waals surface area contributed by atoms with Crippen LogP contribution in [-0.2, 0) is 0 Å². The lowest BCUT2D eigenvalue weighted by atomic mass is 10.1. The maximum atomic E-state index is 5.32. The standard InChI is InChI=1S/C13H13BrN2S/c1-8-6-9-4-5-11(13(17)16(2)3)15-12(9)10(14)7-8/h4-7H,1-3H3. The van der Waals surface area contributed by atoms with Crippen LogP contribution in [0, 0.1) is 6.92 Å². The highest BCUT2D eigenvalue weighted by Crippen LogP contribution is 2.24. The van der Waals surface area contributed by atoms with Gasteiger partial charge in [-0.15, -0.1) is 0 Å². The number of hydrogen-bond acceptors (Lipinski definition) is 2. The molecule has 2 nitrogen and oxygen atoms in total. The number of nitrogens with zero attached hydrogens (tertiary/aromatic N) is 2. The van der Waals surface area contributed by atoms with Crippen molar-refractivity contribution in [3.05, 3.63) is 40.0 Å². The van der Waals surface area contributed by atoms with Crippen molar-refractivity contribution in [1.82, 2.24) is 9.88 Å². The van der Waals surface area contributed by atoms with Crippen LogP contribution in [0.5, 0.6) is 0 Å². The Bertz CT molecular complexity index is 593. The Hall–Kier alpha value is -1.00. The van der Waals surface area contributed by atoms with E-state index < -0.39 is 0 Å². The zero-order valence-electron chi connectivity index (χ0n) is 9.99. The van der Waals surface area contributed by atoms with Crippen molar-refractivity contribution in [3.63, 3.8) is 0 Å². The zero-order valence-corrected chi connectivity index (χ0v) is 12.4. The van der Waals surface area contributed by atoms with Crippen LogP contribution < -0.4 is 0 Å². The molecule has 1 heterocycles. The van der Waals surface area contributed by atoms with Crippen molar-refractivity contribution < 1.29 is 0 Å². The van der Waals surface area contributed by atoms with Crippen LogP contribution in [0.25, 0.3) is 10.9 Å². The summed E-state index contributed by atoms with van der Waals surface area (Å²) in [5.74, 6) is 0. The largest absolute Gasteiger partial charge is 0.367 e. The lowest BCUT2D eigenvalue weighted by molar-refractivity contribution is 0.635. The van der Waals surface area contributed by atoms with Gasteiger partial charge in [-0.25, -0.2) is 4.98 Å². The number of pyridine rings is 1. The Morgan fingerprint density at radius 3 is 2.65 bits per heavy atom. The highest BCUT2D eigenvalue weighted by molar-refractivity contribution is 9.10. The third-order valence-corrected chi connectivity index (χ3v) is 3.69. The van der Waals surface area contributed by atoms with Crippen molar-refractivity contribution in [2.75, 3.05) is 14.1 Å². The van der Waals surface area contributed by atoms with Crippen LogP contribution in [0.2, 0.25) is 0 Å². The molecule has 88 valence electrons. The van der Waals surface area contributed by atoms with E-state index in [1.165, 1.54) is 5.56 Å². The van der Waals surface area contributed by atoms with Gasteiger partial charge in [-0.1, -0.05) is 18.3 Å². The predicted octanol–water partition coefficient (Wildman–Crippen LogP) is 3.54. The van der Waals surface area contributed by atoms with Crippen molar-refractivity contribution >= 4 is 44.0 Å². The van der Waals surface area contributed by atoms with Crippen LogP contribution in [0.4, 0.5) is 0 Å². The first-order valence-corrected chi connectivity index (χ1v) is 6.47. The van der Waals surface area contributed by atoms with Crippen molar-refractivity contribution in [2.45, 2.75) is 6.92 Å². The molecule has 2 rings (SSSR count). The first kappa shape index (κ1) is 12.5. The van der Waals surface area contributed by atoms with E-state index in [9.17, 15) is 0 Å². The third-order valence-electron chi connectivity index (χ3n) is 2.52. The fourth-order valence-electron chi connectivity index (χ4n) is 1.68. The molecule has 4 heteroatoms. The van der Waals surface area contributed by atoms with E-state index in [4.69, 9.17) is 12.2 Å². The molecule has 0 N–H and O–H groups in total. The molecule has 0 radical (unpaired) electrons. The molecule has 0 aliphatic heterocycles. The van der Waals surface area contributed by atoms with E-state index in [-0.39, 0.29) is 0 Å². The number of hydrogen-bond donors (Lipinski definition) is 0. The normalized spacial score (nSPS) is 10.6. The average Bonchev–Trinajstić information content (AvgIpc) is 2.27. The molecule has 1 aromatic heterocycles. The minimum absolute atomic E-state index is 0.749. The van der Waals surface area contributed by atoms with Gasteiger partial charge in [0.1, 0.15) is 4.99 Å². The minimum atomic E-state index is 0.749. The molecule has 17 heavy (non-hydrogen) atoms. The monoisotopic (exact) mass is 308 g/mol. The molecule has 0 aliphatic carbocycles. The van der Waals surface area contributed by atoms with Crippen LogP contribution in [0.15, 0.2) is 28.7 Å². The number of aromatic nitrogens is 1. The molecular formula is C13H13BrN2S. The molecule has 0 atom stereocenters. The summed E-state index contributed by atoms with van der Waals surface area (Å²) >= 11 is 8.87. The molecule has 0 amide bonds. The van der Waals surface area contributed by atoms with E-state index in [2.05, 4.69) is 46.0 Å². The van der Waals surface area contributed by atoms with Gasteiger partial charge in [-0.2, -0.15) is 0 Å². The molecule has 0 bridgehead atoms. The van der Waals surface area contributed by atoms with Gasteiger partial charge >= 0.3 is 0 Å². The third kappa shape index (κ3) is 2.48. The SMILES string of the molecule is Cc1cc(Br)c2nc(C(=S)N(C)C)ccc2c1. The topological polar surface area (TPSA) is 16.1 Å². The van der Waals surface area contributed by atoms with Gasteiger partial charge in [0.05, 0.1) is 11.2 Å². The summed E-state index contributed by atoms with van der Waals surface area (Å²) < 4.78 is 1.01. The van der Waals surface area contributed by atoms with E-state index >= 15 is 0 Å². The van der Waals surface area contributed by atoms with Crippen LogP contribution in [-0.4, -0.2) is 29.0 Å². The summed E-state index contributed by atoms with van der Waals surface area (Å²) in [6, 6.07) is 8.22. The summed E-state index contributed by atoms with van der Waals surface area (Å²) in [7, 11) is 3.86. The van der Waals surface area contributed by atoms with Gasteiger partial charge in [0.25, 0.3) is 0 Å². The summed E-state index contributed by atoms with van der Waals surface area (Å²) in [5, 5.41) is 1.13. The van der Waals surface area contributed by atoms with Gasteiger partial charge in [-0.05, 0) is 46.6 Å². The van der Waals surface area contributed by atoms with E-state index in [0.717, 1.165) is 26.1 Å². The van der Waals surface area contributed by atoms with Crippen molar-refractivity contribution in [2.24, 2.45) is 0 Å². The van der Waals surface area contributed by atoms with Crippen molar-refractivity contribution in [3.8, 4) is 0 Å².